The second-order valence-corrected chi connectivity index (χ2v) is 14.2. The fraction of sp³-hybridized carbons (Fsp3) is 0.417. The lowest BCUT2D eigenvalue weighted by atomic mass is 10.0. The number of fused-ring (bicyclic) bond motifs is 1. The second-order valence-electron chi connectivity index (χ2n) is 13.8. The SMILES string of the molecule is COc1nc(-c2cccc(-c3ccn4c(=O)c(CNCC(C)(C)O)cnc4c3)c2Cl)ccc1CN(C[C@@H]1CCC(=O)N1)C(=O)OC(C)(C)C. The van der Waals surface area contributed by atoms with Gasteiger partial charge in [0.1, 0.15) is 11.2 Å². The molecule has 0 radical (unpaired) electrons. The van der Waals surface area contributed by atoms with Gasteiger partial charge < -0.3 is 30.1 Å². The Bertz CT molecular complexity index is 1920. The Balaban J connectivity index is 1.40. The van der Waals surface area contributed by atoms with Crippen LogP contribution in [0.2, 0.25) is 5.02 Å². The summed E-state index contributed by atoms with van der Waals surface area (Å²) in [5.41, 5.74) is 2.54. The van der Waals surface area contributed by atoms with E-state index < -0.39 is 17.3 Å². The fourth-order valence-corrected chi connectivity index (χ4v) is 5.92. The molecule has 1 aliphatic heterocycles. The minimum Gasteiger partial charge on any atom is -0.481 e. The van der Waals surface area contributed by atoms with Crippen molar-refractivity contribution >= 4 is 29.2 Å². The summed E-state index contributed by atoms with van der Waals surface area (Å²) in [6, 6.07) is 12.7. The van der Waals surface area contributed by atoms with Gasteiger partial charge in [-0.15, -0.1) is 0 Å². The van der Waals surface area contributed by atoms with Crippen molar-refractivity contribution in [2.24, 2.45) is 0 Å². The molecule has 5 rings (SSSR count). The minimum absolute atomic E-state index is 0.0352. The van der Waals surface area contributed by atoms with Crippen LogP contribution in [0.4, 0.5) is 4.79 Å². The van der Waals surface area contributed by atoms with Crippen LogP contribution in [0.15, 0.2) is 59.7 Å². The van der Waals surface area contributed by atoms with E-state index in [1.807, 2.05) is 36.4 Å². The summed E-state index contributed by atoms with van der Waals surface area (Å²) in [6.45, 7) is 9.86. The molecule has 13 heteroatoms. The third-order valence-corrected chi connectivity index (χ3v) is 8.32. The topological polar surface area (TPSA) is 147 Å². The number of methoxy groups -OCH3 is 1. The summed E-state index contributed by atoms with van der Waals surface area (Å²) in [7, 11) is 1.52. The maximum absolute atomic E-state index is 13.2. The molecule has 3 N–H and O–H groups in total. The number of amides is 2. The molecule has 1 atom stereocenters. The van der Waals surface area contributed by atoms with E-state index in [-0.39, 0.29) is 37.1 Å². The predicted molar refractivity (Wildman–Crippen MR) is 188 cm³/mol. The third-order valence-electron chi connectivity index (χ3n) is 7.91. The molecule has 0 spiro atoms. The molecule has 0 bridgehead atoms. The van der Waals surface area contributed by atoms with Crippen molar-refractivity contribution in [2.75, 3.05) is 20.2 Å². The van der Waals surface area contributed by atoms with Crippen molar-refractivity contribution in [2.45, 2.75) is 77.8 Å². The van der Waals surface area contributed by atoms with Crippen LogP contribution in [0.5, 0.6) is 5.88 Å². The number of hydrogen-bond acceptors (Lipinski definition) is 9. The van der Waals surface area contributed by atoms with E-state index in [2.05, 4.69) is 15.6 Å². The van der Waals surface area contributed by atoms with Gasteiger partial charge in [-0.05, 0) is 70.9 Å². The zero-order valence-electron chi connectivity index (χ0n) is 28.7. The quantitative estimate of drug-likeness (QED) is 0.199. The van der Waals surface area contributed by atoms with Gasteiger partial charge in [-0.2, -0.15) is 0 Å². The van der Waals surface area contributed by atoms with Crippen molar-refractivity contribution in [3.8, 4) is 28.3 Å². The van der Waals surface area contributed by atoms with E-state index in [0.29, 0.717) is 58.3 Å². The van der Waals surface area contributed by atoms with E-state index >= 15 is 0 Å². The van der Waals surface area contributed by atoms with E-state index in [1.54, 1.807) is 58.0 Å². The lowest BCUT2D eigenvalue weighted by molar-refractivity contribution is -0.119. The number of nitrogens with zero attached hydrogens (tertiary/aromatic N) is 4. The molecule has 49 heavy (non-hydrogen) atoms. The van der Waals surface area contributed by atoms with Crippen LogP contribution in [0.1, 0.15) is 58.6 Å². The Kier molecular flexibility index (Phi) is 10.6. The van der Waals surface area contributed by atoms with Crippen molar-refractivity contribution < 1.29 is 24.2 Å². The van der Waals surface area contributed by atoms with Gasteiger partial charge in [0, 0.05) is 66.7 Å². The molecule has 260 valence electrons. The molecule has 4 aromatic rings. The molecule has 0 unspecified atom stereocenters. The molecule has 0 aliphatic carbocycles. The highest BCUT2D eigenvalue weighted by Gasteiger charge is 2.29. The summed E-state index contributed by atoms with van der Waals surface area (Å²) in [5, 5.41) is 16.4. The molecular weight excluding hydrogens is 648 g/mol. The zero-order chi connectivity index (χ0) is 35.5. The van der Waals surface area contributed by atoms with Crippen LogP contribution in [-0.2, 0) is 22.6 Å². The molecule has 1 saturated heterocycles. The first-order chi connectivity index (χ1) is 23.1. The van der Waals surface area contributed by atoms with E-state index in [1.165, 1.54) is 11.5 Å². The van der Waals surface area contributed by atoms with Gasteiger partial charge in [0.05, 0.1) is 30.0 Å². The van der Waals surface area contributed by atoms with Crippen LogP contribution < -0.4 is 20.9 Å². The van der Waals surface area contributed by atoms with Crippen LogP contribution >= 0.6 is 11.6 Å². The highest BCUT2D eigenvalue weighted by Crippen LogP contribution is 2.37. The lowest BCUT2D eigenvalue weighted by Crippen LogP contribution is -2.43. The largest absolute Gasteiger partial charge is 0.481 e. The number of aromatic nitrogens is 3. The Labute approximate surface area is 290 Å². The molecule has 2 amide bonds. The average molecular weight is 691 g/mol. The molecule has 0 saturated carbocycles. The monoisotopic (exact) mass is 690 g/mol. The summed E-state index contributed by atoms with van der Waals surface area (Å²) >= 11 is 7.01. The van der Waals surface area contributed by atoms with Crippen molar-refractivity contribution in [1.82, 2.24) is 29.9 Å². The number of ether oxygens (including phenoxy) is 2. The number of hydrogen-bond donors (Lipinski definition) is 3. The van der Waals surface area contributed by atoms with Gasteiger partial charge in [-0.1, -0.05) is 29.8 Å². The average Bonchev–Trinajstić information content (AvgIpc) is 3.45. The van der Waals surface area contributed by atoms with Crippen LogP contribution in [0.25, 0.3) is 28.0 Å². The summed E-state index contributed by atoms with van der Waals surface area (Å²) in [6.07, 6.45) is 3.77. The first kappa shape index (κ1) is 35.8. The van der Waals surface area contributed by atoms with Crippen LogP contribution in [0, 0.1) is 0 Å². The standard InChI is InChI=1S/C36H43ClN6O6/c1-35(2,3)49-34(46)42(20-25-11-13-30(44)40-25)19-23-10-12-28(41-32(23)48-6)27-9-7-8-26(31(27)37)22-14-15-43-29(16-22)39-18-24(33(43)45)17-38-21-36(4,5)47/h7-10,12,14-16,18,25,38,47H,11,13,17,19-21H2,1-6H3,(H,40,44)/t25-/m0/s1. The maximum atomic E-state index is 13.2. The van der Waals surface area contributed by atoms with Gasteiger partial charge in [0.2, 0.25) is 11.8 Å². The molecule has 1 aromatic carbocycles. The van der Waals surface area contributed by atoms with Crippen LogP contribution in [-0.4, -0.2) is 73.8 Å². The van der Waals surface area contributed by atoms with Gasteiger partial charge in [-0.25, -0.2) is 14.8 Å². The summed E-state index contributed by atoms with van der Waals surface area (Å²) in [4.78, 5) is 49.0. The zero-order valence-corrected chi connectivity index (χ0v) is 29.4. The number of halogens is 1. The van der Waals surface area contributed by atoms with Gasteiger partial charge in [-0.3, -0.25) is 14.0 Å². The molecule has 1 fully saturated rings. The molecule has 4 heterocycles. The van der Waals surface area contributed by atoms with E-state index in [0.717, 1.165) is 11.1 Å². The number of pyridine rings is 2. The van der Waals surface area contributed by atoms with Crippen molar-refractivity contribution in [1.29, 1.82) is 0 Å². The first-order valence-electron chi connectivity index (χ1n) is 16.2. The van der Waals surface area contributed by atoms with Crippen LogP contribution in [0.3, 0.4) is 0 Å². The number of benzene rings is 1. The van der Waals surface area contributed by atoms with Crippen molar-refractivity contribution in [3.05, 3.63) is 81.4 Å². The van der Waals surface area contributed by atoms with E-state index in [4.69, 9.17) is 26.1 Å². The lowest BCUT2D eigenvalue weighted by Gasteiger charge is -2.29. The summed E-state index contributed by atoms with van der Waals surface area (Å²) in [5.74, 6) is 0.289. The predicted octanol–water partition coefficient (Wildman–Crippen LogP) is 4.96. The fourth-order valence-electron chi connectivity index (χ4n) is 5.59. The number of nitrogens with one attached hydrogen (secondary N) is 2. The molecule has 1 aliphatic rings. The molecule has 12 nitrogen and oxygen atoms in total. The summed E-state index contributed by atoms with van der Waals surface area (Å²) < 4.78 is 12.8. The Morgan fingerprint density at radius 1 is 1.12 bits per heavy atom. The van der Waals surface area contributed by atoms with Gasteiger partial charge >= 0.3 is 6.09 Å². The second kappa shape index (κ2) is 14.5. The number of carbonyl (C=O) groups is 2. The Hall–Kier alpha value is -4.52. The Morgan fingerprint density at radius 2 is 1.88 bits per heavy atom. The van der Waals surface area contributed by atoms with E-state index in [9.17, 15) is 19.5 Å². The van der Waals surface area contributed by atoms with Gasteiger partial charge in [0.25, 0.3) is 5.56 Å². The first-order valence-corrected chi connectivity index (χ1v) is 16.5. The molecule has 3 aromatic heterocycles. The third kappa shape index (κ3) is 8.94. The van der Waals surface area contributed by atoms with Crippen molar-refractivity contribution in [3.63, 3.8) is 0 Å². The smallest absolute Gasteiger partial charge is 0.410 e. The highest BCUT2D eigenvalue weighted by molar-refractivity contribution is 6.36. The number of rotatable bonds is 11. The number of aliphatic hydroxyl groups is 1. The number of carbonyl (C=O) groups excluding carboxylic acids is 2. The maximum Gasteiger partial charge on any atom is 0.410 e. The highest BCUT2D eigenvalue weighted by atomic mass is 35.5. The molecular formula is C36H43ClN6O6. The minimum atomic E-state index is -0.898. The van der Waals surface area contributed by atoms with Gasteiger partial charge in [0.15, 0.2) is 0 Å². The normalized spacial score (nSPS) is 14.9. The Morgan fingerprint density at radius 3 is 2.55 bits per heavy atom.